The van der Waals surface area contributed by atoms with Crippen molar-refractivity contribution in [3.8, 4) is 23.0 Å². The highest BCUT2D eigenvalue weighted by molar-refractivity contribution is 6.15. The lowest BCUT2D eigenvalue weighted by atomic mass is 9.75. The molecule has 0 unspecified atom stereocenters. The van der Waals surface area contributed by atoms with Gasteiger partial charge in [0.1, 0.15) is 11.5 Å². The summed E-state index contributed by atoms with van der Waals surface area (Å²) in [6.07, 6.45) is 4.81. The number of hydrogen-bond acceptors (Lipinski definition) is 4. The van der Waals surface area contributed by atoms with Gasteiger partial charge in [-0.05, 0) is 66.9 Å². The van der Waals surface area contributed by atoms with Crippen molar-refractivity contribution in [1.82, 2.24) is 0 Å². The van der Waals surface area contributed by atoms with E-state index in [1.54, 1.807) is 14.2 Å². The molecule has 1 aliphatic heterocycles. The molecule has 0 bridgehead atoms. The smallest absolute Gasteiger partial charge is 0.161 e. The van der Waals surface area contributed by atoms with E-state index in [9.17, 15) is 0 Å². The predicted octanol–water partition coefficient (Wildman–Crippen LogP) is 6.37. The van der Waals surface area contributed by atoms with Gasteiger partial charge in [0.05, 0.1) is 26.0 Å². The first-order valence-corrected chi connectivity index (χ1v) is 10.9. The zero-order chi connectivity index (χ0) is 21.2. The lowest BCUT2D eigenvalue weighted by Gasteiger charge is -2.35. The summed E-state index contributed by atoms with van der Waals surface area (Å²) in [5, 5.41) is 0. The molecular formula is C27H27NO3. The lowest BCUT2D eigenvalue weighted by molar-refractivity contribution is 0.349. The van der Waals surface area contributed by atoms with Gasteiger partial charge in [-0.2, -0.15) is 0 Å². The fourth-order valence-corrected chi connectivity index (χ4v) is 4.81. The van der Waals surface area contributed by atoms with Gasteiger partial charge in [-0.1, -0.05) is 31.0 Å². The predicted molar refractivity (Wildman–Crippen MR) is 123 cm³/mol. The molecule has 1 fully saturated rings. The second-order valence-corrected chi connectivity index (χ2v) is 8.17. The molecule has 1 heterocycles. The van der Waals surface area contributed by atoms with Crippen LogP contribution in [-0.2, 0) is 0 Å². The number of fused-ring (bicyclic) bond motifs is 3. The Morgan fingerprint density at radius 3 is 2.19 bits per heavy atom. The Morgan fingerprint density at radius 1 is 0.774 bits per heavy atom. The van der Waals surface area contributed by atoms with E-state index in [1.165, 1.54) is 24.8 Å². The summed E-state index contributed by atoms with van der Waals surface area (Å²) in [7, 11) is 3.38. The minimum Gasteiger partial charge on any atom is -0.493 e. The third-order valence-corrected chi connectivity index (χ3v) is 6.34. The Kier molecular flexibility index (Phi) is 5.37. The zero-order valence-electron chi connectivity index (χ0n) is 18.0. The topological polar surface area (TPSA) is 40.0 Å². The maximum atomic E-state index is 5.97. The third-order valence-electron chi connectivity index (χ3n) is 6.34. The van der Waals surface area contributed by atoms with E-state index >= 15 is 0 Å². The molecule has 2 atom stereocenters. The minimum atomic E-state index is 0.328. The summed E-state index contributed by atoms with van der Waals surface area (Å²) in [5.74, 6) is 3.63. The number of hydrogen-bond donors (Lipinski definition) is 0. The van der Waals surface area contributed by atoms with Gasteiger partial charge in [0.25, 0.3) is 0 Å². The summed E-state index contributed by atoms with van der Waals surface area (Å²) in [4.78, 5) is 5.24. The van der Waals surface area contributed by atoms with Crippen LogP contribution in [0.3, 0.4) is 0 Å². The molecule has 0 radical (unpaired) electrons. The van der Waals surface area contributed by atoms with Gasteiger partial charge in [0.15, 0.2) is 11.5 Å². The number of benzene rings is 3. The molecule has 1 saturated carbocycles. The molecule has 0 amide bonds. The number of rotatable bonds is 5. The normalized spacial score (nSPS) is 19.6. The summed E-state index contributed by atoms with van der Waals surface area (Å²) >= 11 is 0. The molecule has 3 aromatic carbocycles. The Hall–Kier alpha value is -3.27. The molecule has 0 aromatic heterocycles. The van der Waals surface area contributed by atoms with E-state index < -0.39 is 0 Å². The van der Waals surface area contributed by atoms with Crippen LogP contribution in [0.5, 0.6) is 23.0 Å². The molecule has 4 nitrogen and oxygen atoms in total. The number of nitrogens with zero attached hydrogens (tertiary/aromatic N) is 1. The minimum absolute atomic E-state index is 0.328. The van der Waals surface area contributed by atoms with Crippen molar-refractivity contribution in [3.63, 3.8) is 0 Å². The van der Waals surface area contributed by atoms with E-state index in [4.69, 9.17) is 19.2 Å². The molecule has 4 heteroatoms. The lowest BCUT2D eigenvalue weighted by Crippen LogP contribution is -2.29. The molecule has 5 rings (SSSR count). The summed E-state index contributed by atoms with van der Waals surface area (Å²) in [6, 6.07) is 22.6. The van der Waals surface area contributed by atoms with Crippen LogP contribution < -0.4 is 14.2 Å². The second-order valence-electron chi connectivity index (χ2n) is 8.17. The number of ether oxygens (including phenoxy) is 3. The van der Waals surface area contributed by atoms with Gasteiger partial charge in [-0.3, -0.25) is 4.99 Å². The van der Waals surface area contributed by atoms with Gasteiger partial charge in [-0.25, -0.2) is 0 Å². The van der Waals surface area contributed by atoms with Crippen molar-refractivity contribution in [2.45, 2.75) is 37.6 Å². The first-order valence-electron chi connectivity index (χ1n) is 10.9. The van der Waals surface area contributed by atoms with E-state index in [0.717, 1.165) is 46.3 Å². The molecule has 0 spiro atoms. The maximum Gasteiger partial charge on any atom is 0.161 e. The van der Waals surface area contributed by atoms with Gasteiger partial charge in [0.2, 0.25) is 0 Å². The van der Waals surface area contributed by atoms with E-state index in [0.29, 0.717) is 12.0 Å². The van der Waals surface area contributed by atoms with Crippen LogP contribution in [0.4, 0.5) is 0 Å². The van der Waals surface area contributed by atoms with Crippen molar-refractivity contribution >= 4 is 5.71 Å². The molecule has 2 aliphatic rings. The van der Waals surface area contributed by atoms with Crippen molar-refractivity contribution in [1.29, 1.82) is 0 Å². The van der Waals surface area contributed by atoms with Crippen molar-refractivity contribution in [2.75, 3.05) is 14.2 Å². The fourth-order valence-electron chi connectivity index (χ4n) is 4.81. The largest absolute Gasteiger partial charge is 0.493 e. The van der Waals surface area contributed by atoms with Crippen LogP contribution >= 0.6 is 0 Å². The van der Waals surface area contributed by atoms with Crippen LogP contribution in [0, 0.1) is 0 Å². The molecule has 0 saturated heterocycles. The zero-order valence-corrected chi connectivity index (χ0v) is 18.0. The average Bonchev–Trinajstić information content (AvgIpc) is 2.84. The molecule has 158 valence electrons. The Morgan fingerprint density at radius 2 is 1.45 bits per heavy atom. The monoisotopic (exact) mass is 413 g/mol. The SMILES string of the molecule is COc1cc2c(cc1OC)[C@@H]1CCCC[C@@H]1N=C2c1ccc(Oc2ccccc2)cc1. The average molecular weight is 414 g/mol. The summed E-state index contributed by atoms with van der Waals surface area (Å²) in [5.41, 5.74) is 4.61. The second kappa shape index (κ2) is 8.46. The highest BCUT2D eigenvalue weighted by Crippen LogP contribution is 2.44. The number of methoxy groups -OCH3 is 2. The van der Waals surface area contributed by atoms with Crippen LogP contribution in [0.1, 0.15) is 48.3 Å². The molecule has 31 heavy (non-hydrogen) atoms. The van der Waals surface area contributed by atoms with Gasteiger partial charge in [0, 0.05) is 17.0 Å². The van der Waals surface area contributed by atoms with E-state index in [-0.39, 0.29) is 0 Å². The summed E-state index contributed by atoms with van der Waals surface area (Å²) in [6.45, 7) is 0. The van der Waals surface area contributed by atoms with Crippen molar-refractivity contribution < 1.29 is 14.2 Å². The molecule has 0 N–H and O–H groups in total. The van der Waals surface area contributed by atoms with E-state index in [2.05, 4.69) is 24.3 Å². The fraction of sp³-hybridized carbons (Fsp3) is 0.296. The Bertz CT molecular complexity index is 1090. The third kappa shape index (κ3) is 3.78. The Balaban J connectivity index is 1.53. The van der Waals surface area contributed by atoms with Crippen LogP contribution in [0.25, 0.3) is 0 Å². The van der Waals surface area contributed by atoms with Gasteiger partial charge in [-0.15, -0.1) is 0 Å². The van der Waals surface area contributed by atoms with Crippen LogP contribution in [-0.4, -0.2) is 26.0 Å². The molecular weight excluding hydrogens is 386 g/mol. The first kappa shape index (κ1) is 19.7. The van der Waals surface area contributed by atoms with E-state index in [1.807, 2.05) is 42.5 Å². The highest BCUT2D eigenvalue weighted by atomic mass is 16.5. The van der Waals surface area contributed by atoms with Crippen molar-refractivity contribution in [2.24, 2.45) is 4.99 Å². The number of para-hydroxylation sites is 1. The van der Waals surface area contributed by atoms with Crippen molar-refractivity contribution in [3.05, 3.63) is 83.4 Å². The standard InChI is InChI=1S/C27H27NO3/c1-29-25-16-22-21-10-6-7-11-24(21)28-27(23(22)17-26(25)30-2)18-12-14-20(15-13-18)31-19-8-4-3-5-9-19/h3-5,8-9,12-17,21,24H,6-7,10-11H2,1-2H3/t21-,24-/m0/s1. The van der Waals surface area contributed by atoms with Crippen LogP contribution in [0.15, 0.2) is 71.7 Å². The Labute approximate surface area is 183 Å². The van der Waals surface area contributed by atoms with Gasteiger partial charge >= 0.3 is 0 Å². The number of aliphatic imine (C=N–C) groups is 1. The van der Waals surface area contributed by atoms with Gasteiger partial charge < -0.3 is 14.2 Å². The molecule has 1 aliphatic carbocycles. The van der Waals surface area contributed by atoms with Crippen LogP contribution in [0.2, 0.25) is 0 Å². The summed E-state index contributed by atoms with van der Waals surface area (Å²) < 4.78 is 17.2. The quantitative estimate of drug-likeness (QED) is 0.488. The first-order chi connectivity index (χ1) is 15.3. The molecule has 3 aromatic rings. The highest BCUT2D eigenvalue weighted by Gasteiger charge is 2.34. The maximum absolute atomic E-state index is 5.97.